The Morgan fingerprint density at radius 1 is 1.00 bits per heavy atom. The van der Waals surface area contributed by atoms with Crippen molar-refractivity contribution < 1.29 is 40.7 Å². The Kier molecular flexibility index (Phi) is 11.5. The number of benzene rings is 2. The Bertz CT molecular complexity index is 1140. The van der Waals surface area contributed by atoms with Crippen molar-refractivity contribution in [1.29, 1.82) is 0 Å². The summed E-state index contributed by atoms with van der Waals surface area (Å²) < 4.78 is 85.5. The Hall–Kier alpha value is -2.83. The number of nitrogens with one attached hydrogen (secondary N) is 1. The summed E-state index contributed by atoms with van der Waals surface area (Å²) in [5, 5.41) is 3.30. The van der Waals surface area contributed by atoms with Crippen molar-refractivity contribution in [3.05, 3.63) is 69.7 Å². The van der Waals surface area contributed by atoms with Crippen molar-refractivity contribution in [3.8, 4) is 0 Å². The van der Waals surface area contributed by atoms with Crippen LogP contribution in [0.4, 0.5) is 26.3 Å². The molecule has 0 aromatic heterocycles. The highest BCUT2D eigenvalue weighted by Crippen LogP contribution is 2.36. The van der Waals surface area contributed by atoms with Gasteiger partial charge >= 0.3 is 12.4 Å². The van der Waals surface area contributed by atoms with Gasteiger partial charge in [-0.05, 0) is 61.7 Å². The predicted octanol–water partition coefficient (Wildman–Crippen LogP) is 5.68. The van der Waals surface area contributed by atoms with Crippen molar-refractivity contribution >= 4 is 23.4 Å². The van der Waals surface area contributed by atoms with Crippen LogP contribution >= 0.6 is 11.6 Å². The van der Waals surface area contributed by atoms with Gasteiger partial charge in [-0.25, -0.2) is 0 Å². The number of rotatable bonds is 11. The number of morpholine rings is 1. The number of carbonyl (C=O) groups is 2. The van der Waals surface area contributed by atoms with Crippen molar-refractivity contribution in [2.75, 3.05) is 46.4 Å². The van der Waals surface area contributed by atoms with Crippen LogP contribution in [0.3, 0.4) is 0 Å². The van der Waals surface area contributed by atoms with E-state index in [0.717, 1.165) is 36.5 Å². The molecule has 0 spiro atoms. The van der Waals surface area contributed by atoms with Gasteiger partial charge in [0.2, 0.25) is 5.91 Å². The first-order valence-corrected chi connectivity index (χ1v) is 13.5. The standard InChI is InChI=1S/C28H32ClF6N3O3/c1-37(26(40)20-16-21(27(30,31)32)18-22(17-20)28(33,34)35)24(15-19-3-5-23(29)6-4-19)7-8-25(39)36-9-2-10-38-11-13-41-14-12-38/h3-6,16-18,24H,2,7-15H2,1H3,(H,36,39). The van der Waals surface area contributed by atoms with E-state index in [1.165, 1.54) is 7.05 Å². The van der Waals surface area contributed by atoms with E-state index in [0.29, 0.717) is 36.9 Å². The lowest BCUT2D eigenvalue weighted by atomic mass is 9.98. The number of halogens is 7. The molecule has 13 heteroatoms. The number of ether oxygens (including phenoxy) is 1. The Morgan fingerprint density at radius 3 is 2.15 bits per heavy atom. The van der Waals surface area contributed by atoms with E-state index in [9.17, 15) is 35.9 Å². The molecule has 1 N–H and O–H groups in total. The predicted molar refractivity (Wildman–Crippen MR) is 142 cm³/mol. The van der Waals surface area contributed by atoms with E-state index < -0.39 is 41.0 Å². The molecule has 0 bridgehead atoms. The van der Waals surface area contributed by atoms with Gasteiger partial charge in [0.1, 0.15) is 0 Å². The van der Waals surface area contributed by atoms with Crippen molar-refractivity contribution in [2.24, 2.45) is 0 Å². The van der Waals surface area contributed by atoms with Gasteiger partial charge in [-0.3, -0.25) is 14.5 Å². The van der Waals surface area contributed by atoms with Gasteiger partial charge in [-0.2, -0.15) is 26.3 Å². The van der Waals surface area contributed by atoms with Gasteiger partial charge in [0.15, 0.2) is 0 Å². The number of amides is 2. The van der Waals surface area contributed by atoms with E-state index >= 15 is 0 Å². The zero-order chi connectivity index (χ0) is 30.2. The lowest BCUT2D eigenvalue weighted by Gasteiger charge is -2.29. The first-order chi connectivity index (χ1) is 19.2. The molecular weight excluding hydrogens is 576 g/mol. The lowest BCUT2D eigenvalue weighted by molar-refractivity contribution is -0.143. The third kappa shape index (κ3) is 10.2. The van der Waals surface area contributed by atoms with Crippen LogP contribution in [0.2, 0.25) is 5.02 Å². The van der Waals surface area contributed by atoms with Gasteiger partial charge in [-0.15, -0.1) is 0 Å². The Labute approximate surface area is 239 Å². The highest BCUT2D eigenvalue weighted by Gasteiger charge is 2.38. The molecule has 0 aliphatic carbocycles. The quantitative estimate of drug-likeness (QED) is 0.264. The van der Waals surface area contributed by atoms with Crippen molar-refractivity contribution in [2.45, 2.75) is 44.1 Å². The minimum absolute atomic E-state index is 0.00379. The van der Waals surface area contributed by atoms with E-state index in [1.54, 1.807) is 24.3 Å². The first-order valence-electron chi connectivity index (χ1n) is 13.1. The second-order valence-electron chi connectivity index (χ2n) is 9.89. The molecular formula is C28H32ClF6N3O3. The Balaban J connectivity index is 1.72. The fourth-order valence-electron chi connectivity index (χ4n) is 4.51. The summed E-state index contributed by atoms with van der Waals surface area (Å²) in [4.78, 5) is 29.1. The number of alkyl halides is 6. The van der Waals surface area contributed by atoms with E-state index in [2.05, 4.69) is 10.2 Å². The molecule has 1 heterocycles. The molecule has 3 rings (SSSR count). The molecule has 226 valence electrons. The largest absolute Gasteiger partial charge is 0.416 e. The smallest absolute Gasteiger partial charge is 0.379 e. The number of nitrogens with zero attached hydrogens (tertiary/aromatic N) is 2. The molecule has 0 radical (unpaired) electrons. The maximum atomic E-state index is 13.4. The molecule has 2 aromatic rings. The lowest BCUT2D eigenvalue weighted by Crippen LogP contribution is -2.40. The third-order valence-corrected chi connectivity index (χ3v) is 7.12. The van der Waals surface area contributed by atoms with Crippen LogP contribution in [0.25, 0.3) is 0 Å². The number of hydrogen-bond donors (Lipinski definition) is 1. The van der Waals surface area contributed by atoms with Crippen LogP contribution < -0.4 is 5.32 Å². The van der Waals surface area contributed by atoms with Crippen LogP contribution in [-0.4, -0.2) is 74.1 Å². The minimum Gasteiger partial charge on any atom is -0.379 e. The second-order valence-corrected chi connectivity index (χ2v) is 10.3. The number of hydrogen-bond acceptors (Lipinski definition) is 4. The number of likely N-dealkylation sites (N-methyl/N-ethyl adjacent to an activating group) is 1. The van der Waals surface area contributed by atoms with Crippen molar-refractivity contribution in [1.82, 2.24) is 15.1 Å². The highest BCUT2D eigenvalue weighted by molar-refractivity contribution is 6.30. The van der Waals surface area contributed by atoms with E-state index in [-0.39, 0.29) is 31.2 Å². The Morgan fingerprint density at radius 2 is 1.59 bits per heavy atom. The summed E-state index contributed by atoms with van der Waals surface area (Å²) in [5.74, 6) is -1.29. The summed E-state index contributed by atoms with van der Waals surface area (Å²) >= 11 is 5.95. The molecule has 2 amide bonds. The zero-order valence-corrected chi connectivity index (χ0v) is 23.2. The van der Waals surface area contributed by atoms with Gasteiger partial charge in [-0.1, -0.05) is 23.7 Å². The second kappa shape index (κ2) is 14.4. The molecule has 1 aliphatic rings. The van der Waals surface area contributed by atoms with Crippen molar-refractivity contribution in [3.63, 3.8) is 0 Å². The summed E-state index contributed by atoms with van der Waals surface area (Å²) in [6.07, 6.45) is -9.10. The normalized spacial score (nSPS) is 15.4. The van der Waals surface area contributed by atoms with E-state index in [4.69, 9.17) is 16.3 Å². The maximum Gasteiger partial charge on any atom is 0.416 e. The van der Waals surface area contributed by atoms with Gasteiger partial charge < -0.3 is 15.0 Å². The first kappa shape index (κ1) is 32.7. The molecule has 41 heavy (non-hydrogen) atoms. The topological polar surface area (TPSA) is 61.9 Å². The summed E-state index contributed by atoms with van der Waals surface area (Å²) in [6.45, 7) is 4.25. The fourth-order valence-corrected chi connectivity index (χ4v) is 4.64. The summed E-state index contributed by atoms with van der Waals surface area (Å²) in [5.41, 5.74) is -3.17. The zero-order valence-electron chi connectivity index (χ0n) is 22.5. The average molecular weight is 608 g/mol. The summed E-state index contributed by atoms with van der Waals surface area (Å²) in [7, 11) is 1.30. The highest BCUT2D eigenvalue weighted by atomic mass is 35.5. The minimum atomic E-state index is -5.09. The van der Waals surface area contributed by atoms with Crippen LogP contribution in [0.5, 0.6) is 0 Å². The molecule has 1 aliphatic heterocycles. The molecule has 1 atom stereocenters. The number of carbonyl (C=O) groups excluding carboxylic acids is 2. The molecule has 1 saturated heterocycles. The molecule has 1 fully saturated rings. The van der Waals surface area contributed by atoms with Crippen LogP contribution in [0.1, 0.15) is 46.3 Å². The maximum absolute atomic E-state index is 13.4. The average Bonchev–Trinajstić information content (AvgIpc) is 2.93. The third-order valence-electron chi connectivity index (χ3n) is 6.87. The van der Waals surface area contributed by atoms with E-state index in [1.807, 2.05) is 0 Å². The van der Waals surface area contributed by atoms with Gasteiger partial charge in [0.25, 0.3) is 5.91 Å². The molecule has 6 nitrogen and oxygen atoms in total. The molecule has 1 unspecified atom stereocenters. The SMILES string of the molecule is CN(C(=O)c1cc(C(F)(F)F)cc(C(F)(F)F)c1)C(CCC(=O)NCCCN1CCOCC1)Cc1ccc(Cl)cc1. The summed E-state index contributed by atoms with van der Waals surface area (Å²) in [6, 6.07) is 6.75. The van der Waals surface area contributed by atoms with Gasteiger partial charge in [0, 0.05) is 49.7 Å². The van der Waals surface area contributed by atoms with Crippen LogP contribution in [-0.2, 0) is 28.3 Å². The monoisotopic (exact) mass is 607 g/mol. The van der Waals surface area contributed by atoms with Gasteiger partial charge in [0.05, 0.1) is 24.3 Å². The molecule has 2 aromatic carbocycles. The molecule has 0 saturated carbocycles. The van der Waals surface area contributed by atoms with Crippen LogP contribution in [0.15, 0.2) is 42.5 Å². The van der Waals surface area contributed by atoms with Crippen LogP contribution in [0, 0.1) is 0 Å². The fraction of sp³-hybridized carbons (Fsp3) is 0.500.